The van der Waals surface area contributed by atoms with E-state index in [4.69, 9.17) is 0 Å². The minimum Gasteiger partial charge on any atom is -0.273 e. The van der Waals surface area contributed by atoms with Crippen LogP contribution in [0.25, 0.3) is 6.08 Å². The van der Waals surface area contributed by atoms with Gasteiger partial charge in [0.25, 0.3) is 0 Å². The van der Waals surface area contributed by atoms with Gasteiger partial charge >= 0.3 is 0 Å². The van der Waals surface area contributed by atoms with Crippen molar-refractivity contribution in [2.45, 2.75) is 38.3 Å². The highest BCUT2D eigenvalue weighted by Crippen LogP contribution is 2.57. The van der Waals surface area contributed by atoms with Crippen molar-refractivity contribution >= 4 is 12.0 Å². The van der Waals surface area contributed by atoms with Crippen molar-refractivity contribution in [1.82, 2.24) is 10.0 Å². The summed E-state index contributed by atoms with van der Waals surface area (Å²) in [7, 11) is 0. The number of carbonyl (C=O) groups excluding carboxylic acids is 1. The molecule has 2 atom stereocenters. The van der Waals surface area contributed by atoms with E-state index >= 15 is 0 Å². The molecule has 0 N–H and O–H groups in total. The molecule has 26 heavy (non-hydrogen) atoms. The summed E-state index contributed by atoms with van der Waals surface area (Å²) in [5, 5.41) is 3.96. The third-order valence-electron chi connectivity index (χ3n) is 5.92. The normalized spacial score (nSPS) is 27.7. The standard InChI is InChI=1S/C22H21FN2O/c1-22(2)13-19(26)24-18(11-14-7-4-3-5-8-14)16-12-15-9-6-10-17(23)20(15)21(16)25(22)24/h3-11,16,21H,12-13H2,1-2H3/b18-11+. The average Bonchev–Trinajstić information content (AvgIpc) is 3.18. The highest BCUT2D eigenvalue weighted by atomic mass is 19.1. The first-order valence-electron chi connectivity index (χ1n) is 9.13. The summed E-state index contributed by atoms with van der Waals surface area (Å²) in [5.74, 6) is 0.0427. The van der Waals surface area contributed by atoms with Crippen LogP contribution in [-0.4, -0.2) is 21.5 Å². The first-order valence-corrected chi connectivity index (χ1v) is 9.13. The van der Waals surface area contributed by atoms with Gasteiger partial charge in [-0.1, -0.05) is 42.5 Å². The van der Waals surface area contributed by atoms with Crippen LogP contribution in [0.15, 0.2) is 54.2 Å². The molecule has 2 unspecified atom stereocenters. The molecule has 2 aromatic carbocycles. The van der Waals surface area contributed by atoms with Gasteiger partial charge < -0.3 is 0 Å². The van der Waals surface area contributed by atoms with Gasteiger partial charge in [-0.2, -0.15) is 5.01 Å². The second-order valence-corrected chi connectivity index (χ2v) is 8.09. The number of nitrogens with zero attached hydrogens (tertiary/aromatic N) is 2. The number of halogens is 1. The summed E-state index contributed by atoms with van der Waals surface area (Å²) >= 11 is 0. The highest BCUT2D eigenvalue weighted by molar-refractivity contribution is 5.83. The Labute approximate surface area is 152 Å². The van der Waals surface area contributed by atoms with E-state index in [1.165, 1.54) is 6.07 Å². The number of hydrogen-bond acceptors (Lipinski definition) is 2. The number of hydrazine groups is 1. The Morgan fingerprint density at radius 1 is 1.12 bits per heavy atom. The maximum atomic E-state index is 14.7. The van der Waals surface area contributed by atoms with Crippen molar-refractivity contribution < 1.29 is 9.18 Å². The molecule has 3 nitrogen and oxygen atoms in total. The van der Waals surface area contributed by atoms with E-state index in [0.717, 1.165) is 28.8 Å². The van der Waals surface area contributed by atoms with Crippen LogP contribution >= 0.6 is 0 Å². The number of rotatable bonds is 1. The molecule has 1 amide bonds. The summed E-state index contributed by atoms with van der Waals surface area (Å²) in [4.78, 5) is 12.8. The fraction of sp³-hybridized carbons (Fsp3) is 0.318. The fourth-order valence-electron chi connectivity index (χ4n) is 4.93. The predicted octanol–water partition coefficient (Wildman–Crippen LogP) is 4.32. The van der Waals surface area contributed by atoms with Gasteiger partial charge in [-0.15, -0.1) is 0 Å². The first kappa shape index (κ1) is 15.8. The third-order valence-corrected chi connectivity index (χ3v) is 5.92. The molecule has 0 aromatic heterocycles. The molecular formula is C22H21FN2O. The molecule has 2 fully saturated rings. The Kier molecular flexibility index (Phi) is 3.20. The van der Waals surface area contributed by atoms with Crippen LogP contribution in [-0.2, 0) is 11.2 Å². The van der Waals surface area contributed by atoms with Gasteiger partial charge in [-0.25, -0.2) is 9.40 Å². The van der Waals surface area contributed by atoms with E-state index in [2.05, 4.69) is 24.9 Å². The summed E-state index contributed by atoms with van der Waals surface area (Å²) in [6, 6.07) is 15.3. The van der Waals surface area contributed by atoms with Crippen molar-refractivity contribution in [1.29, 1.82) is 0 Å². The van der Waals surface area contributed by atoms with Crippen LogP contribution in [0.1, 0.15) is 43.0 Å². The van der Waals surface area contributed by atoms with Crippen molar-refractivity contribution in [2.24, 2.45) is 5.92 Å². The Morgan fingerprint density at radius 3 is 2.65 bits per heavy atom. The highest BCUT2D eigenvalue weighted by Gasteiger charge is 2.60. The van der Waals surface area contributed by atoms with Crippen LogP contribution in [0.4, 0.5) is 4.39 Å². The Bertz CT molecular complexity index is 934. The third kappa shape index (κ3) is 2.05. The number of hydrogen-bond donors (Lipinski definition) is 0. The number of amides is 1. The van der Waals surface area contributed by atoms with Gasteiger partial charge in [0.2, 0.25) is 5.91 Å². The number of benzene rings is 2. The van der Waals surface area contributed by atoms with Gasteiger partial charge in [-0.3, -0.25) is 4.79 Å². The van der Waals surface area contributed by atoms with E-state index in [9.17, 15) is 9.18 Å². The zero-order valence-electron chi connectivity index (χ0n) is 14.9. The van der Waals surface area contributed by atoms with Crippen LogP contribution in [0.5, 0.6) is 0 Å². The molecule has 1 aliphatic carbocycles. The van der Waals surface area contributed by atoms with E-state index in [1.807, 2.05) is 41.4 Å². The lowest BCUT2D eigenvalue weighted by Crippen LogP contribution is -2.43. The molecule has 2 aliphatic heterocycles. The second kappa shape index (κ2) is 5.27. The minimum atomic E-state index is -0.323. The molecule has 0 bridgehead atoms. The van der Waals surface area contributed by atoms with Gasteiger partial charge in [0.15, 0.2) is 0 Å². The Morgan fingerprint density at radius 2 is 1.88 bits per heavy atom. The fourth-order valence-corrected chi connectivity index (χ4v) is 4.93. The first-order chi connectivity index (χ1) is 12.5. The topological polar surface area (TPSA) is 23.6 Å². The molecule has 132 valence electrons. The molecule has 0 spiro atoms. The zero-order chi connectivity index (χ0) is 18.1. The van der Waals surface area contributed by atoms with Crippen LogP contribution in [0.3, 0.4) is 0 Å². The smallest absolute Gasteiger partial charge is 0.243 e. The van der Waals surface area contributed by atoms with E-state index in [-0.39, 0.29) is 29.2 Å². The molecule has 5 rings (SSSR count). The second-order valence-electron chi connectivity index (χ2n) is 8.09. The van der Waals surface area contributed by atoms with E-state index < -0.39 is 0 Å². The molecule has 0 radical (unpaired) electrons. The Hall–Kier alpha value is -2.46. The molecule has 2 aromatic rings. The van der Waals surface area contributed by atoms with Gasteiger partial charge in [-0.05, 0) is 43.5 Å². The number of fused-ring (bicyclic) bond motifs is 5. The average molecular weight is 348 g/mol. The molecule has 0 saturated carbocycles. The van der Waals surface area contributed by atoms with Crippen molar-refractivity contribution in [3.8, 4) is 0 Å². The minimum absolute atomic E-state index is 0.101. The maximum Gasteiger partial charge on any atom is 0.243 e. The molecule has 3 aliphatic rings. The van der Waals surface area contributed by atoms with Crippen molar-refractivity contribution in [3.63, 3.8) is 0 Å². The lowest BCUT2D eigenvalue weighted by molar-refractivity contribution is -0.134. The predicted molar refractivity (Wildman–Crippen MR) is 98.1 cm³/mol. The summed E-state index contributed by atoms with van der Waals surface area (Å²) in [6.07, 6.45) is 3.32. The summed E-state index contributed by atoms with van der Waals surface area (Å²) in [6.45, 7) is 4.15. The molecule has 4 heteroatoms. The van der Waals surface area contributed by atoms with Gasteiger partial charge in [0.05, 0.1) is 6.04 Å². The number of carbonyl (C=O) groups is 1. The largest absolute Gasteiger partial charge is 0.273 e. The van der Waals surface area contributed by atoms with E-state index in [0.29, 0.717) is 6.42 Å². The van der Waals surface area contributed by atoms with Crippen molar-refractivity contribution in [3.05, 3.63) is 76.7 Å². The zero-order valence-corrected chi connectivity index (χ0v) is 14.9. The van der Waals surface area contributed by atoms with Crippen LogP contribution in [0, 0.1) is 11.7 Å². The monoisotopic (exact) mass is 348 g/mol. The summed E-state index contributed by atoms with van der Waals surface area (Å²) < 4.78 is 14.7. The molecular weight excluding hydrogens is 327 g/mol. The molecule has 2 saturated heterocycles. The van der Waals surface area contributed by atoms with Crippen molar-refractivity contribution in [2.75, 3.05) is 0 Å². The van der Waals surface area contributed by atoms with Gasteiger partial charge in [0.1, 0.15) is 5.82 Å². The SMILES string of the molecule is CC1(C)CC(=O)N2/C(=C/c3ccccc3)C3Cc4cccc(F)c4C3N21. The maximum absolute atomic E-state index is 14.7. The summed E-state index contributed by atoms with van der Waals surface area (Å²) in [5.41, 5.74) is 3.57. The Balaban J connectivity index is 1.71. The van der Waals surface area contributed by atoms with Crippen LogP contribution in [0.2, 0.25) is 0 Å². The molecule has 2 heterocycles. The lowest BCUT2D eigenvalue weighted by Gasteiger charge is -2.35. The lowest BCUT2D eigenvalue weighted by atomic mass is 9.92. The van der Waals surface area contributed by atoms with Crippen LogP contribution < -0.4 is 0 Å². The van der Waals surface area contributed by atoms with Gasteiger partial charge in [0, 0.05) is 29.1 Å². The van der Waals surface area contributed by atoms with E-state index in [1.54, 1.807) is 6.07 Å². The quantitative estimate of drug-likeness (QED) is 0.766.